The minimum Gasteiger partial charge on any atom is -0.327 e. The van der Waals surface area contributed by atoms with Gasteiger partial charge in [0, 0.05) is 18.3 Å². The lowest BCUT2D eigenvalue weighted by Crippen LogP contribution is -2.26. The second-order valence-corrected chi connectivity index (χ2v) is 5.16. The van der Waals surface area contributed by atoms with Gasteiger partial charge in [0.2, 0.25) is 0 Å². The number of hydrogen-bond donors (Lipinski definition) is 1. The van der Waals surface area contributed by atoms with E-state index in [0.717, 1.165) is 24.6 Å². The topological polar surface area (TPSA) is 43.8 Å². The van der Waals surface area contributed by atoms with Crippen LogP contribution in [0, 0.1) is 18.8 Å². The van der Waals surface area contributed by atoms with Crippen molar-refractivity contribution in [2.24, 2.45) is 17.6 Å². The Kier molecular flexibility index (Phi) is 3.33. The van der Waals surface area contributed by atoms with Gasteiger partial charge in [0.05, 0.1) is 5.69 Å². The van der Waals surface area contributed by atoms with E-state index in [1.54, 1.807) is 0 Å². The van der Waals surface area contributed by atoms with Crippen LogP contribution in [0.15, 0.2) is 6.07 Å². The minimum atomic E-state index is 0.407. The summed E-state index contributed by atoms with van der Waals surface area (Å²) in [5.74, 6) is 1.40. The van der Waals surface area contributed by atoms with Gasteiger partial charge in [-0.2, -0.15) is 5.10 Å². The van der Waals surface area contributed by atoms with Gasteiger partial charge in [0.25, 0.3) is 0 Å². The normalized spacial score (nSPS) is 29.9. The molecule has 3 nitrogen and oxygen atoms in total. The molecule has 1 aromatic heterocycles. The lowest BCUT2D eigenvalue weighted by molar-refractivity contribution is 0.380. The van der Waals surface area contributed by atoms with Gasteiger partial charge in [0.1, 0.15) is 0 Å². The highest BCUT2D eigenvalue weighted by Gasteiger charge is 2.30. The average molecular weight is 221 g/mol. The molecular formula is C13H23N3. The summed E-state index contributed by atoms with van der Waals surface area (Å²) in [7, 11) is 0. The van der Waals surface area contributed by atoms with Crippen molar-refractivity contribution in [3.05, 3.63) is 17.5 Å². The zero-order valence-electron chi connectivity index (χ0n) is 10.6. The molecule has 0 amide bonds. The number of rotatable bonds is 3. The van der Waals surface area contributed by atoms with Crippen LogP contribution in [-0.2, 0) is 13.0 Å². The van der Waals surface area contributed by atoms with Crippen molar-refractivity contribution in [1.82, 2.24) is 9.78 Å². The van der Waals surface area contributed by atoms with Crippen LogP contribution >= 0.6 is 0 Å². The van der Waals surface area contributed by atoms with Crippen molar-refractivity contribution in [1.29, 1.82) is 0 Å². The third-order valence-electron chi connectivity index (χ3n) is 4.05. The molecule has 1 aliphatic rings. The van der Waals surface area contributed by atoms with Gasteiger partial charge in [-0.25, -0.2) is 0 Å². The minimum absolute atomic E-state index is 0.407. The van der Waals surface area contributed by atoms with Gasteiger partial charge in [-0.1, -0.05) is 6.92 Å². The van der Waals surface area contributed by atoms with Crippen LogP contribution in [0.25, 0.3) is 0 Å². The molecule has 2 rings (SSSR count). The SMILES string of the molecule is CCn1nc(C)cc1CC1CCC(N)C1C. The Labute approximate surface area is 98.0 Å². The Morgan fingerprint density at radius 2 is 2.25 bits per heavy atom. The van der Waals surface area contributed by atoms with Crippen LogP contribution in [0.5, 0.6) is 0 Å². The van der Waals surface area contributed by atoms with E-state index in [4.69, 9.17) is 5.73 Å². The van der Waals surface area contributed by atoms with Gasteiger partial charge in [-0.05, 0) is 51.0 Å². The maximum absolute atomic E-state index is 6.08. The first kappa shape index (κ1) is 11.6. The van der Waals surface area contributed by atoms with Gasteiger partial charge >= 0.3 is 0 Å². The maximum atomic E-state index is 6.08. The molecule has 90 valence electrons. The summed E-state index contributed by atoms with van der Waals surface area (Å²) >= 11 is 0. The van der Waals surface area contributed by atoms with Crippen LogP contribution in [0.2, 0.25) is 0 Å². The zero-order chi connectivity index (χ0) is 11.7. The molecule has 3 heteroatoms. The fourth-order valence-corrected chi connectivity index (χ4v) is 2.88. The van der Waals surface area contributed by atoms with Crippen LogP contribution in [0.1, 0.15) is 38.1 Å². The first-order chi connectivity index (χ1) is 7.61. The molecule has 1 saturated carbocycles. The van der Waals surface area contributed by atoms with Crippen LogP contribution in [-0.4, -0.2) is 15.8 Å². The smallest absolute Gasteiger partial charge is 0.0596 e. The number of nitrogens with two attached hydrogens (primary N) is 1. The summed E-state index contributed by atoms with van der Waals surface area (Å²) in [6.07, 6.45) is 3.60. The molecule has 1 aliphatic carbocycles. The van der Waals surface area contributed by atoms with E-state index in [0.29, 0.717) is 12.0 Å². The molecule has 0 bridgehead atoms. The molecular weight excluding hydrogens is 198 g/mol. The summed E-state index contributed by atoms with van der Waals surface area (Å²) < 4.78 is 2.13. The molecule has 1 heterocycles. The molecule has 0 radical (unpaired) electrons. The fraction of sp³-hybridized carbons (Fsp3) is 0.769. The molecule has 3 atom stereocenters. The maximum Gasteiger partial charge on any atom is 0.0596 e. The van der Waals surface area contributed by atoms with Gasteiger partial charge in [-0.3, -0.25) is 4.68 Å². The summed E-state index contributed by atoms with van der Waals surface area (Å²) in [5.41, 5.74) is 8.59. The quantitative estimate of drug-likeness (QED) is 0.849. The van der Waals surface area contributed by atoms with E-state index in [2.05, 4.69) is 36.6 Å². The fourth-order valence-electron chi connectivity index (χ4n) is 2.88. The van der Waals surface area contributed by atoms with Crippen LogP contribution in [0.3, 0.4) is 0 Å². The summed E-state index contributed by atoms with van der Waals surface area (Å²) in [5, 5.41) is 4.50. The van der Waals surface area contributed by atoms with Crippen molar-refractivity contribution in [2.45, 2.75) is 52.6 Å². The molecule has 2 N–H and O–H groups in total. The Hall–Kier alpha value is -0.830. The van der Waals surface area contributed by atoms with E-state index in [-0.39, 0.29) is 0 Å². The number of hydrogen-bond acceptors (Lipinski definition) is 2. The van der Waals surface area contributed by atoms with Crippen LogP contribution in [0.4, 0.5) is 0 Å². The van der Waals surface area contributed by atoms with E-state index < -0.39 is 0 Å². The summed E-state index contributed by atoms with van der Waals surface area (Å²) in [6.45, 7) is 7.48. The summed E-state index contributed by atoms with van der Waals surface area (Å²) in [6, 6.07) is 2.63. The van der Waals surface area contributed by atoms with Crippen molar-refractivity contribution in [3.63, 3.8) is 0 Å². The first-order valence-electron chi connectivity index (χ1n) is 6.40. The Bertz CT molecular complexity index is 356. The van der Waals surface area contributed by atoms with Crippen molar-refractivity contribution in [2.75, 3.05) is 0 Å². The van der Waals surface area contributed by atoms with Crippen molar-refractivity contribution >= 4 is 0 Å². The summed E-state index contributed by atoms with van der Waals surface area (Å²) in [4.78, 5) is 0. The Morgan fingerprint density at radius 1 is 1.50 bits per heavy atom. The number of aromatic nitrogens is 2. The van der Waals surface area contributed by atoms with E-state index in [1.807, 2.05) is 0 Å². The van der Waals surface area contributed by atoms with E-state index in [1.165, 1.54) is 18.5 Å². The molecule has 16 heavy (non-hydrogen) atoms. The zero-order valence-corrected chi connectivity index (χ0v) is 10.6. The van der Waals surface area contributed by atoms with Crippen LogP contribution < -0.4 is 5.73 Å². The average Bonchev–Trinajstić information content (AvgIpc) is 2.76. The second-order valence-electron chi connectivity index (χ2n) is 5.16. The molecule has 1 aromatic rings. The lowest BCUT2D eigenvalue weighted by atomic mass is 9.91. The third-order valence-corrected chi connectivity index (χ3v) is 4.05. The predicted octanol–water partition coefficient (Wildman–Crippen LogP) is 2.13. The van der Waals surface area contributed by atoms with Gasteiger partial charge in [0.15, 0.2) is 0 Å². The standard InChI is InChI=1S/C13H23N3/c1-4-16-12(7-9(2)15-16)8-11-5-6-13(14)10(11)3/h7,10-11,13H,4-6,8,14H2,1-3H3. The van der Waals surface area contributed by atoms with E-state index in [9.17, 15) is 0 Å². The molecule has 0 saturated heterocycles. The number of aryl methyl sites for hydroxylation is 2. The second kappa shape index (κ2) is 4.58. The highest BCUT2D eigenvalue weighted by molar-refractivity contribution is 5.10. The molecule has 0 spiro atoms. The van der Waals surface area contributed by atoms with Crippen molar-refractivity contribution in [3.8, 4) is 0 Å². The third kappa shape index (κ3) is 2.14. The van der Waals surface area contributed by atoms with E-state index >= 15 is 0 Å². The predicted molar refractivity (Wildman–Crippen MR) is 66.2 cm³/mol. The molecule has 1 fully saturated rings. The lowest BCUT2D eigenvalue weighted by Gasteiger charge is -2.18. The van der Waals surface area contributed by atoms with Crippen molar-refractivity contribution < 1.29 is 0 Å². The molecule has 0 aliphatic heterocycles. The highest BCUT2D eigenvalue weighted by atomic mass is 15.3. The monoisotopic (exact) mass is 221 g/mol. The molecule has 3 unspecified atom stereocenters. The Balaban J connectivity index is 2.08. The first-order valence-corrected chi connectivity index (χ1v) is 6.40. The Morgan fingerprint density at radius 3 is 2.81 bits per heavy atom. The number of nitrogens with zero attached hydrogens (tertiary/aromatic N) is 2. The van der Waals surface area contributed by atoms with Gasteiger partial charge in [-0.15, -0.1) is 0 Å². The van der Waals surface area contributed by atoms with Gasteiger partial charge < -0.3 is 5.73 Å². The largest absolute Gasteiger partial charge is 0.327 e. The molecule has 0 aromatic carbocycles. The highest BCUT2D eigenvalue weighted by Crippen LogP contribution is 2.33.